The molecule has 0 spiro atoms. The average molecular weight is 1110 g/mol. The maximum atomic E-state index is 13.5. The van der Waals surface area contributed by atoms with Crippen molar-refractivity contribution in [3.05, 3.63) is 72.9 Å². The highest BCUT2D eigenvalue weighted by atomic mass is 31.2. The molecule has 0 rings (SSSR count). The van der Waals surface area contributed by atoms with Gasteiger partial charge in [-0.15, -0.1) is 0 Å². The number of likely N-dealkylation sites (N-methyl/N-ethyl adjacent to an activating group) is 1. The maximum Gasteiger partial charge on any atom is 0.472 e. The fourth-order valence-electron chi connectivity index (χ4n) is 9.27. The van der Waals surface area contributed by atoms with E-state index in [2.05, 4.69) is 86.8 Å². The number of quaternary nitrogens is 1. The molecule has 0 saturated carbocycles. The third-order valence-electron chi connectivity index (χ3n) is 14.4. The van der Waals surface area contributed by atoms with Gasteiger partial charge in [0.1, 0.15) is 19.3 Å². The molecule has 78 heavy (non-hydrogen) atoms. The molecule has 10 heteroatoms. The van der Waals surface area contributed by atoms with Crippen LogP contribution in [0.2, 0.25) is 0 Å². The van der Waals surface area contributed by atoms with Crippen molar-refractivity contribution in [2.24, 2.45) is 0 Å². The fourth-order valence-corrected chi connectivity index (χ4v) is 10.0. The minimum Gasteiger partial charge on any atom is -0.456 e. The van der Waals surface area contributed by atoms with Gasteiger partial charge in [-0.1, -0.05) is 255 Å². The molecule has 0 fully saturated rings. The molecule has 0 aromatic carbocycles. The first-order valence-corrected chi connectivity index (χ1v) is 34.3. The number of hydrogen-bond donors (Lipinski definition) is 2. The van der Waals surface area contributed by atoms with Crippen LogP contribution in [0.25, 0.3) is 0 Å². The Labute approximate surface area is 483 Å². The van der Waals surface area contributed by atoms with Crippen LogP contribution >= 0.6 is 7.82 Å². The fraction of sp³-hybridized carbons (Fsp3) is 0.794. The van der Waals surface area contributed by atoms with Gasteiger partial charge in [0.15, 0.2) is 0 Å². The lowest BCUT2D eigenvalue weighted by atomic mass is 10.0. The van der Waals surface area contributed by atoms with Gasteiger partial charge in [-0.05, 0) is 102 Å². The first-order chi connectivity index (χ1) is 37.9. The number of rotatable bonds is 59. The topological polar surface area (TPSA) is 111 Å². The van der Waals surface area contributed by atoms with Crippen LogP contribution in [0.5, 0.6) is 0 Å². The number of nitrogens with one attached hydrogen (secondary N) is 1. The number of phosphoric acid groups is 1. The van der Waals surface area contributed by atoms with E-state index in [4.69, 9.17) is 13.8 Å². The van der Waals surface area contributed by atoms with Crippen molar-refractivity contribution in [2.75, 3.05) is 40.9 Å². The average Bonchev–Trinajstić information content (AvgIpc) is 3.40. The molecule has 2 N–H and O–H groups in total. The van der Waals surface area contributed by atoms with Gasteiger partial charge in [0, 0.05) is 12.8 Å². The predicted molar refractivity (Wildman–Crippen MR) is 337 cm³/mol. The third-order valence-corrected chi connectivity index (χ3v) is 15.4. The van der Waals surface area contributed by atoms with Crippen molar-refractivity contribution < 1.29 is 37.3 Å². The van der Waals surface area contributed by atoms with Crippen LogP contribution in [0.4, 0.5) is 0 Å². The lowest BCUT2D eigenvalue weighted by Gasteiger charge is -2.27. The first kappa shape index (κ1) is 75.5. The monoisotopic (exact) mass is 1110 g/mol. The zero-order valence-electron chi connectivity index (χ0n) is 51.9. The summed E-state index contributed by atoms with van der Waals surface area (Å²) in [5.74, 6) is -0.526. The molecule has 9 nitrogen and oxygen atoms in total. The van der Waals surface area contributed by atoms with Gasteiger partial charge in [0.2, 0.25) is 5.91 Å². The van der Waals surface area contributed by atoms with Crippen molar-refractivity contribution in [2.45, 2.75) is 309 Å². The number of nitrogens with zero attached hydrogens (tertiary/aromatic N) is 1. The maximum absolute atomic E-state index is 13.5. The second-order valence-corrected chi connectivity index (χ2v) is 24.7. The second-order valence-electron chi connectivity index (χ2n) is 23.3. The van der Waals surface area contributed by atoms with Crippen molar-refractivity contribution in [3.63, 3.8) is 0 Å². The van der Waals surface area contributed by atoms with Crippen molar-refractivity contribution in [1.29, 1.82) is 0 Å². The molecule has 1 amide bonds. The highest BCUT2D eigenvalue weighted by Gasteiger charge is 2.30. The van der Waals surface area contributed by atoms with Crippen molar-refractivity contribution >= 4 is 19.7 Å². The van der Waals surface area contributed by atoms with Crippen molar-refractivity contribution in [1.82, 2.24) is 5.32 Å². The molecule has 3 atom stereocenters. The summed E-state index contributed by atoms with van der Waals surface area (Å²) in [5.41, 5.74) is 0. The third kappa shape index (κ3) is 58.1. The molecular formula is C68H126N2O7P+. The molecule has 3 unspecified atom stereocenters. The smallest absolute Gasteiger partial charge is 0.456 e. The van der Waals surface area contributed by atoms with E-state index in [1.54, 1.807) is 0 Å². The van der Waals surface area contributed by atoms with Crippen molar-refractivity contribution in [3.8, 4) is 0 Å². The highest BCUT2D eigenvalue weighted by molar-refractivity contribution is 7.47. The van der Waals surface area contributed by atoms with E-state index >= 15 is 0 Å². The summed E-state index contributed by atoms with van der Waals surface area (Å²) < 4.78 is 30.7. The molecule has 0 aliphatic rings. The molecule has 0 aromatic rings. The summed E-state index contributed by atoms with van der Waals surface area (Å²) >= 11 is 0. The molecule has 0 aliphatic heterocycles. The van der Waals surface area contributed by atoms with E-state index in [9.17, 15) is 19.0 Å². The summed E-state index contributed by atoms with van der Waals surface area (Å²) in [6.45, 7) is 6.98. The van der Waals surface area contributed by atoms with E-state index in [0.717, 1.165) is 103 Å². The van der Waals surface area contributed by atoms with Gasteiger partial charge in [-0.3, -0.25) is 18.6 Å². The minimum absolute atomic E-state index is 0.0349. The zero-order valence-corrected chi connectivity index (χ0v) is 52.8. The summed E-state index contributed by atoms with van der Waals surface area (Å²) in [6, 6.07) is -0.861. The van der Waals surface area contributed by atoms with Crippen LogP contribution in [0.15, 0.2) is 72.9 Å². The van der Waals surface area contributed by atoms with Gasteiger partial charge >= 0.3 is 13.8 Å². The Morgan fingerprint density at radius 1 is 0.449 bits per heavy atom. The number of unbranched alkanes of at least 4 members (excludes halogenated alkanes) is 33. The molecule has 454 valence electrons. The molecule has 0 bridgehead atoms. The number of ether oxygens (including phenoxy) is 1. The SMILES string of the molecule is CCCCC/C=C\C/C=C\C/C=C\C/C=C\CCCCCCCCCCCC(=O)OC(/C=C\CCCCCCCCCCCCC)C(COP(=O)(O)OCC[N+](C)(C)C)NC(=O)CCCCC/C=C\CCCCCCCCC. The van der Waals surface area contributed by atoms with Gasteiger partial charge < -0.3 is 19.4 Å². The standard InChI is InChI=1S/C68H125N2O7P/c1-7-10-13-16-19-22-25-28-30-31-32-33-34-35-36-37-38-39-40-43-46-49-52-55-58-61-68(72)77-66(59-56-53-50-47-44-41-27-24-21-18-15-12-9-3)65(64-76-78(73,74)75-63-62-70(4,5)6)69-67(71)60-57-54-51-48-45-42-29-26-23-20-17-14-11-8-2/h19,22,28,30,32-33,35-36,42,45,56,59,65-66H,7-18,20-21,23-27,29,31,34,37-41,43-44,46-55,57-58,60-64H2,1-6H3,(H-,69,71,73,74)/p+1/b22-19-,30-28-,33-32-,36-35-,45-42-,59-56-. The lowest BCUT2D eigenvalue weighted by molar-refractivity contribution is -0.870. The Morgan fingerprint density at radius 2 is 0.782 bits per heavy atom. The number of esters is 1. The molecule has 0 heterocycles. The quantitative estimate of drug-likeness (QED) is 0.0205. The Balaban J connectivity index is 5.18. The first-order valence-electron chi connectivity index (χ1n) is 32.8. The summed E-state index contributed by atoms with van der Waals surface area (Å²) in [4.78, 5) is 37.7. The summed E-state index contributed by atoms with van der Waals surface area (Å²) in [5, 5.41) is 3.05. The molecule has 0 saturated heterocycles. The minimum atomic E-state index is -4.46. The molecule has 0 aromatic heterocycles. The second kappa shape index (κ2) is 57.7. The van der Waals surface area contributed by atoms with Gasteiger partial charge in [0.25, 0.3) is 0 Å². The molecule has 0 radical (unpaired) electrons. The Bertz CT molecular complexity index is 1570. The lowest BCUT2D eigenvalue weighted by Crippen LogP contribution is -2.47. The number of carbonyl (C=O) groups excluding carboxylic acids is 2. The van der Waals surface area contributed by atoms with E-state index in [-0.39, 0.29) is 31.5 Å². The van der Waals surface area contributed by atoms with Crippen LogP contribution in [0.3, 0.4) is 0 Å². The number of hydrogen-bond acceptors (Lipinski definition) is 6. The number of carbonyl (C=O) groups is 2. The number of amides is 1. The Kier molecular flexibility index (Phi) is 55.8. The highest BCUT2D eigenvalue weighted by Crippen LogP contribution is 2.43. The van der Waals surface area contributed by atoms with Gasteiger partial charge in [-0.25, -0.2) is 4.57 Å². The van der Waals surface area contributed by atoms with Crippen LogP contribution in [0.1, 0.15) is 297 Å². The van der Waals surface area contributed by atoms with Crippen LogP contribution in [-0.2, 0) is 27.9 Å². The zero-order chi connectivity index (χ0) is 57.2. The molecule has 0 aliphatic carbocycles. The van der Waals surface area contributed by atoms with Gasteiger partial charge in [0.05, 0.1) is 33.8 Å². The Morgan fingerprint density at radius 3 is 1.22 bits per heavy atom. The normalized spacial score (nSPS) is 14.1. The van der Waals surface area contributed by atoms with E-state index in [1.165, 1.54) is 161 Å². The van der Waals surface area contributed by atoms with E-state index < -0.39 is 20.0 Å². The largest absolute Gasteiger partial charge is 0.472 e. The predicted octanol–water partition coefficient (Wildman–Crippen LogP) is 20.4. The summed E-state index contributed by atoms with van der Waals surface area (Å²) in [6.07, 6.45) is 74.7. The summed E-state index contributed by atoms with van der Waals surface area (Å²) in [7, 11) is 1.48. The van der Waals surface area contributed by atoms with Gasteiger partial charge in [-0.2, -0.15) is 0 Å². The van der Waals surface area contributed by atoms with Crippen LogP contribution in [-0.4, -0.2) is 74.3 Å². The van der Waals surface area contributed by atoms with Crippen LogP contribution < -0.4 is 5.32 Å². The van der Waals surface area contributed by atoms with Crippen LogP contribution in [0, 0.1) is 0 Å². The van der Waals surface area contributed by atoms with E-state index in [0.29, 0.717) is 17.4 Å². The number of phosphoric ester groups is 1. The molecular weight excluding hydrogens is 988 g/mol. The number of allylic oxidation sites excluding steroid dienone is 11. The van der Waals surface area contributed by atoms with E-state index in [1.807, 2.05) is 33.3 Å². The Hall–Kier alpha value is -2.55.